The van der Waals surface area contributed by atoms with Gasteiger partial charge in [-0.15, -0.1) is 0 Å². The quantitative estimate of drug-likeness (QED) is 0.422. The lowest BCUT2D eigenvalue weighted by Gasteiger charge is -2.26. The molecule has 0 heterocycles. The van der Waals surface area contributed by atoms with Crippen LogP contribution in [0.2, 0.25) is 0 Å². The minimum Gasteiger partial charge on any atom is -0.247 e. The van der Waals surface area contributed by atoms with Gasteiger partial charge < -0.3 is 0 Å². The molecule has 2 heteroatoms. The number of carbonyl (C=O) groups excluding carboxylic acids is 1. The Labute approximate surface area is 138 Å². The highest BCUT2D eigenvalue weighted by atomic mass is 31.2. The van der Waals surface area contributed by atoms with Crippen LogP contribution in [0.5, 0.6) is 0 Å². The van der Waals surface area contributed by atoms with Crippen molar-refractivity contribution in [1.82, 2.24) is 0 Å². The summed E-state index contributed by atoms with van der Waals surface area (Å²) in [5, 5.41) is 0. The highest BCUT2D eigenvalue weighted by Gasteiger charge is 2.45. The molecular weight excluding hydrogens is 287 g/mol. The highest BCUT2D eigenvalue weighted by molar-refractivity contribution is 7.91. The number of hydrogen-bond acceptors (Lipinski definition) is 1. The summed E-state index contributed by atoms with van der Waals surface area (Å²) in [4.78, 5) is 13.5. The molecular formula is C20H34OP+. The van der Waals surface area contributed by atoms with Crippen LogP contribution in [0.4, 0.5) is 0 Å². The van der Waals surface area contributed by atoms with E-state index in [0.29, 0.717) is 5.52 Å². The highest BCUT2D eigenvalue weighted by Crippen LogP contribution is 2.63. The SMILES string of the molecule is CCCC[P+](CCCC)(CCCC)C(=O)c1ccccc1C. The fourth-order valence-electron chi connectivity index (χ4n) is 3.09. The topological polar surface area (TPSA) is 17.1 Å². The second-order valence-corrected chi connectivity index (χ2v) is 10.5. The molecule has 1 aromatic rings. The van der Waals surface area contributed by atoms with Gasteiger partial charge in [-0.3, -0.25) is 0 Å². The third-order valence-electron chi connectivity index (χ3n) is 4.63. The molecule has 0 fully saturated rings. The van der Waals surface area contributed by atoms with Crippen molar-refractivity contribution in [2.45, 2.75) is 66.2 Å². The van der Waals surface area contributed by atoms with Gasteiger partial charge >= 0.3 is 0 Å². The average molecular weight is 321 g/mol. The van der Waals surface area contributed by atoms with Crippen molar-refractivity contribution in [2.75, 3.05) is 18.5 Å². The van der Waals surface area contributed by atoms with Crippen LogP contribution in [0.1, 0.15) is 75.2 Å². The van der Waals surface area contributed by atoms with E-state index in [9.17, 15) is 4.79 Å². The summed E-state index contributed by atoms with van der Waals surface area (Å²) in [6, 6.07) is 8.20. The standard InChI is InChI=1S/C20H34OP/c1-5-8-15-22(16-9-6-2,17-10-7-3)20(21)19-14-12-11-13-18(19)4/h11-14H,5-10,15-17H2,1-4H3/q+1. The zero-order valence-electron chi connectivity index (χ0n) is 15.0. The smallest absolute Gasteiger partial charge is 0.247 e. The van der Waals surface area contributed by atoms with Gasteiger partial charge in [0.2, 0.25) is 0 Å². The second kappa shape index (κ2) is 10.2. The summed E-state index contributed by atoms with van der Waals surface area (Å²) in [6.07, 6.45) is 10.7. The first kappa shape index (κ1) is 19.4. The van der Waals surface area contributed by atoms with Crippen LogP contribution in [0.15, 0.2) is 24.3 Å². The largest absolute Gasteiger partial charge is 0.298 e. The fraction of sp³-hybridized carbons (Fsp3) is 0.650. The molecule has 0 saturated heterocycles. The molecule has 0 amide bonds. The maximum absolute atomic E-state index is 13.5. The molecule has 0 radical (unpaired) electrons. The molecule has 0 bridgehead atoms. The van der Waals surface area contributed by atoms with Crippen LogP contribution in [-0.2, 0) is 0 Å². The van der Waals surface area contributed by atoms with Gasteiger partial charge in [0.15, 0.2) is 0 Å². The first-order valence-electron chi connectivity index (χ1n) is 9.08. The van der Waals surface area contributed by atoms with E-state index in [1.807, 2.05) is 12.1 Å². The normalized spacial score (nSPS) is 11.6. The summed E-state index contributed by atoms with van der Waals surface area (Å²) >= 11 is 0. The van der Waals surface area contributed by atoms with Crippen molar-refractivity contribution < 1.29 is 4.79 Å². The Morgan fingerprint density at radius 2 is 1.32 bits per heavy atom. The van der Waals surface area contributed by atoms with Gasteiger partial charge in [0, 0.05) is 0 Å². The Kier molecular flexibility index (Phi) is 8.95. The van der Waals surface area contributed by atoms with Crippen molar-refractivity contribution >= 4 is 12.8 Å². The minimum atomic E-state index is -1.52. The van der Waals surface area contributed by atoms with Gasteiger partial charge in [-0.05, 0) is 37.8 Å². The molecule has 0 aliphatic carbocycles. The minimum absolute atomic E-state index is 0.515. The molecule has 0 aromatic heterocycles. The molecule has 124 valence electrons. The van der Waals surface area contributed by atoms with Crippen molar-refractivity contribution in [3.63, 3.8) is 0 Å². The summed E-state index contributed by atoms with van der Waals surface area (Å²) in [6.45, 7) is 8.81. The molecule has 1 rings (SSSR count). The van der Waals surface area contributed by atoms with E-state index < -0.39 is 7.26 Å². The van der Waals surface area contributed by atoms with Gasteiger partial charge in [0.05, 0.1) is 31.3 Å². The lowest BCUT2D eigenvalue weighted by molar-refractivity contribution is 0.107. The summed E-state index contributed by atoms with van der Waals surface area (Å²) in [5.74, 6) is 0. The van der Waals surface area contributed by atoms with Gasteiger partial charge in [0.25, 0.3) is 5.52 Å². The Hall–Kier alpha value is -0.680. The van der Waals surface area contributed by atoms with E-state index in [1.54, 1.807) is 0 Å². The number of aryl methyl sites for hydroxylation is 1. The van der Waals surface area contributed by atoms with E-state index in [-0.39, 0.29) is 0 Å². The maximum Gasteiger partial charge on any atom is 0.298 e. The fourth-order valence-corrected chi connectivity index (χ4v) is 7.90. The Morgan fingerprint density at radius 1 is 0.864 bits per heavy atom. The van der Waals surface area contributed by atoms with E-state index >= 15 is 0 Å². The van der Waals surface area contributed by atoms with Crippen LogP contribution in [0.25, 0.3) is 0 Å². The summed E-state index contributed by atoms with van der Waals surface area (Å²) in [5.41, 5.74) is 2.67. The van der Waals surface area contributed by atoms with Gasteiger partial charge in [-0.2, -0.15) is 0 Å². The van der Waals surface area contributed by atoms with Crippen LogP contribution >= 0.6 is 7.26 Å². The van der Waals surface area contributed by atoms with Crippen molar-refractivity contribution in [3.05, 3.63) is 35.4 Å². The second-order valence-electron chi connectivity index (χ2n) is 6.50. The number of rotatable bonds is 11. The maximum atomic E-state index is 13.5. The third kappa shape index (κ3) is 5.20. The van der Waals surface area contributed by atoms with E-state index in [1.165, 1.54) is 38.5 Å². The van der Waals surface area contributed by atoms with Crippen LogP contribution in [0, 0.1) is 6.92 Å². The van der Waals surface area contributed by atoms with E-state index in [2.05, 4.69) is 39.8 Å². The average Bonchev–Trinajstić information content (AvgIpc) is 2.54. The molecule has 0 aliphatic heterocycles. The monoisotopic (exact) mass is 321 g/mol. The lowest BCUT2D eigenvalue weighted by atomic mass is 10.1. The van der Waals surface area contributed by atoms with E-state index in [4.69, 9.17) is 0 Å². The summed E-state index contributed by atoms with van der Waals surface area (Å²) < 4.78 is 0. The number of unbranched alkanes of at least 4 members (excludes halogenated alkanes) is 3. The van der Waals surface area contributed by atoms with Crippen LogP contribution < -0.4 is 0 Å². The first-order chi connectivity index (χ1) is 10.6. The molecule has 1 nitrogen and oxygen atoms in total. The third-order valence-corrected chi connectivity index (χ3v) is 9.24. The zero-order chi connectivity index (χ0) is 16.4. The Morgan fingerprint density at radius 3 is 1.73 bits per heavy atom. The molecule has 0 N–H and O–H groups in total. The number of benzene rings is 1. The number of carbonyl (C=O) groups is 1. The van der Waals surface area contributed by atoms with Crippen LogP contribution in [0.3, 0.4) is 0 Å². The Balaban J connectivity index is 3.13. The molecule has 0 spiro atoms. The molecule has 0 saturated carbocycles. The molecule has 0 atom stereocenters. The van der Waals surface area contributed by atoms with Gasteiger partial charge in [-0.1, -0.05) is 58.2 Å². The number of hydrogen-bond donors (Lipinski definition) is 0. The van der Waals surface area contributed by atoms with E-state index in [0.717, 1.165) is 29.6 Å². The van der Waals surface area contributed by atoms with Crippen LogP contribution in [-0.4, -0.2) is 24.0 Å². The Bertz CT molecular complexity index is 431. The van der Waals surface area contributed by atoms with Crippen molar-refractivity contribution in [1.29, 1.82) is 0 Å². The molecule has 1 aromatic carbocycles. The first-order valence-corrected chi connectivity index (χ1v) is 11.4. The zero-order valence-corrected chi connectivity index (χ0v) is 15.9. The molecule has 22 heavy (non-hydrogen) atoms. The van der Waals surface area contributed by atoms with Crippen molar-refractivity contribution in [3.8, 4) is 0 Å². The van der Waals surface area contributed by atoms with Gasteiger partial charge in [-0.25, -0.2) is 4.79 Å². The lowest BCUT2D eigenvalue weighted by Crippen LogP contribution is -2.19. The summed E-state index contributed by atoms with van der Waals surface area (Å²) in [7, 11) is -1.52. The predicted molar refractivity (Wildman–Crippen MR) is 102 cm³/mol. The predicted octanol–water partition coefficient (Wildman–Crippen LogP) is 6.55. The van der Waals surface area contributed by atoms with Crippen molar-refractivity contribution in [2.24, 2.45) is 0 Å². The molecule has 0 unspecified atom stereocenters. The molecule has 0 aliphatic rings. The van der Waals surface area contributed by atoms with Gasteiger partial charge in [0.1, 0.15) is 0 Å².